The minimum Gasteiger partial charge on any atom is -0.451 e. The van der Waals surface area contributed by atoms with Gasteiger partial charge in [0.05, 0.1) is 24.5 Å². The summed E-state index contributed by atoms with van der Waals surface area (Å²) in [6.07, 6.45) is 4.46. The van der Waals surface area contributed by atoms with Crippen LogP contribution in [0.25, 0.3) is 0 Å². The van der Waals surface area contributed by atoms with Gasteiger partial charge in [0, 0.05) is 19.7 Å². The van der Waals surface area contributed by atoms with Gasteiger partial charge in [-0.1, -0.05) is 0 Å². The lowest BCUT2D eigenvalue weighted by molar-refractivity contribution is 0.0624. The second kappa shape index (κ2) is 5.69. The number of ether oxygens (including phenoxy) is 1. The molecule has 7 nitrogen and oxygen atoms in total. The maximum absolute atomic E-state index is 12.4. The molecule has 0 saturated heterocycles. The quantitative estimate of drug-likeness (QED) is 0.855. The van der Waals surface area contributed by atoms with E-state index in [1.165, 1.54) is 12.7 Å². The van der Waals surface area contributed by atoms with Crippen molar-refractivity contribution in [3.63, 3.8) is 0 Å². The Labute approximate surface area is 122 Å². The molecule has 0 aliphatic carbocycles. The van der Waals surface area contributed by atoms with Gasteiger partial charge in [-0.15, -0.1) is 0 Å². The van der Waals surface area contributed by atoms with Crippen LogP contribution in [0.1, 0.15) is 41.9 Å². The van der Waals surface area contributed by atoms with Crippen LogP contribution in [0.15, 0.2) is 23.3 Å². The van der Waals surface area contributed by atoms with Gasteiger partial charge in [0.2, 0.25) is 0 Å². The fraction of sp³-hybridized carbons (Fsp3) is 0.500. The molecule has 2 aromatic heterocycles. The summed E-state index contributed by atoms with van der Waals surface area (Å²) in [5.41, 5.74) is 1.38. The highest BCUT2D eigenvalue weighted by Gasteiger charge is 2.31. The standard InChI is InChI=1S/C14H18N4O3/c1-3-20-7-11-6-15-13-10(2)17(4-5-18(11)13)14(19)12-8-21-9-16-12/h6,8-10H,3-5,7H2,1-2H3/t10-/m0/s1. The molecule has 1 aliphatic rings. The normalized spacial score (nSPS) is 17.8. The molecule has 0 unspecified atom stereocenters. The highest BCUT2D eigenvalue weighted by atomic mass is 16.5. The molecule has 21 heavy (non-hydrogen) atoms. The molecule has 0 radical (unpaired) electrons. The molecule has 0 spiro atoms. The maximum Gasteiger partial charge on any atom is 0.276 e. The van der Waals surface area contributed by atoms with Gasteiger partial charge < -0.3 is 18.6 Å². The fourth-order valence-corrected chi connectivity index (χ4v) is 2.62. The summed E-state index contributed by atoms with van der Waals surface area (Å²) >= 11 is 0. The average molecular weight is 290 g/mol. The molecule has 0 N–H and O–H groups in total. The van der Waals surface area contributed by atoms with Gasteiger partial charge in [0.1, 0.15) is 12.1 Å². The topological polar surface area (TPSA) is 73.4 Å². The minimum absolute atomic E-state index is 0.0988. The summed E-state index contributed by atoms with van der Waals surface area (Å²) in [5.74, 6) is 0.754. The van der Waals surface area contributed by atoms with Crippen LogP contribution in [-0.2, 0) is 17.9 Å². The van der Waals surface area contributed by atoms with Crippen molar-refractivity contribution in [1.29, 1.82) is 0 Å². The van der Waals surface area contributed by atoms with E-state index in [0.717, 1.165) is 11.5 Å². The van der Waals surface area contributed by atoms with Crippen LogP contribution in [0.2, 0.25) is 0 Å². The number of hydrogen-bond acceptors (Lipinski definition) is 5. The van der Waals surface area contributed by atoms with E-state index in [2.05, 4.69) is 14.5 Å². The lowest BCUT2D eigenvalue weighted by Crippen LogP contribution is -2.41. The minimum atomic E-state index is -0.128. The molecule has 0 bridgehead atoms. The Morgan fingerprint density at radius 2 is 2.33 bits per heavy atom. The second-order valence-electron chi connectivity index (χ2n) is 4.94. The van der Waals surface area contributed by atoms with E-state index >= 15 is 0 Å². The number of nitrogens with zero attached hydrogens (tertiary/aromatic N) is 4. The lowest BCUT2D eigenvalue weighted by atomic mass is 10.2. The summed E-state index contributed by atoms with van der Waals surface area (Å²) in [6, 6.07) is -0.0988. The summed E-state index contributed by atoms with van der Waals surface area (Å²) in [4.78, 5) is 22.5. The third kappa shape index (κ3) is 2.44. The van der Waals surface area contributed by atoms with Crippen molar-refractivity contribution in [1.82, 2.24) is 19.4 Å². The first-order valence-corrected chi connectivity index (χ1v) is 7.03. The number of aromatic nitrogens is 3. The lowest BCUT2D eigenvalue weighted by Gasteiger charge is -2.33. The largest absolute Gasteiger partial charge is 0.451 e. The summed E-state index contributed by atoms with van der Waals surface area (Å²) < 4.78 is 12.5. The highest BCUT2D eigenvalue weighted by molar-refractivity contribution is 5.92. The van der Waals surface area contributed by atoms with Gasteiger partial charge >= 0.3 is 0 Å². The number of amides is 1. The molecule has 0 fully saturated rings. The Morgan fingerprint density at radius 3 is 3.05 bits per heavy atom. The molecule has 0 saturated carbocycles. The van der Waals surface area contributed by atoms with Crippen LogP contribution < -0.4 is 0 Å². The van der Waals surface area contributed by atoms with Crippen LogP contribution in [0.5, 0.6) is 0 Å². The molecule has 1 aliphatic heterocycles. The molecule has 2 aromatic rings. The maximum atomic E-state index is 12.4. The van der Waals surface area contributed by atoms with Crippen molar-refractivity contribution in [2.24, 2.45) is 0 Å². The predicted molar refractivity (Wildman–Crippen MR) is 73.5 cm³/mol. The first kappa shape index (κ1) is 13.8. The third-order valence-electron chi connectivity index (χ3n) is 3.74. The zero-order valence-electron chi connectivity index (χ0n) is 12.2. The Balaban J connectivity index is 1.81. The van der Waals surface area contributed by atoms with E-state index in [1.54, 1.807) is 4.90 Å². The van der Waals surface area contributed by atoms with Crippen molar-refractivity contribution < 1.29 is 13.9 Å². The van der Waals surface area contributed by atoms with Gasteiger partial charge in [0.25, 0.3) is 5.91 Å². The molecule has 0 aromatic carbocycles. The van der Waals surface area contributed by atoms with Crippen molar-refractivity contribution in [2.75, 3.05) is 13.2 Å². The molecular formula is C14H18N4O3. The first-order valence-electron chi connectivity index (χ1n) is 7.03. The van der Waals surface area contributed by atoms with Crippen molar-refractivity contribution in [3.05, 3.63) is 36.1 Å². The fourth-order valence-electron chi connectivity index (χ4n) is 2.62. The Hall–Kier alpha value is -2.15. The number of imidazole rings is 1. The smallest absolute Gasteiger partial charge is 0.276 e. The van der Waals surface area contributed by atoms with Gasteiger partial charge in [-0.05, 0) is 13.8 Å². The van der Waals surface area contributed by atoms with Gasteiger partial charge in [-0.3, -0.25) is 4.79 Å². The van der Waals surface area contributed by atoms with E-state index in [0.29, 0.717) is 32.0 Å². The van der Waals surface area contributed by atoms with E-state index in [-0.39, 0.29) is 11.9 Å². The van der Waals surface area contributed by atoms with Crippen molar-refractivity contribution >= 4 is 5.91 Å². The van der Waals surface area contributed by atoms with Crippen LogP contribution >= 0.6 is 0 Å². The highest BCUT2D eigenvalue weighted by Crippen LogP contribution is 2.26. The molecule has 1 atom stereocenters. The average Bonchev–Trinajstić information content (AvgIpc) is 3.15. The zero-order chi connectivity index (χ0) is 14.8. The van der Waals surface area contributed by atoms with Crippen molar-refractivity contribution in [2.45, 2.75) is 33.0 Å². The third-order valence-corrected chi connectivity index (χ3v) is 3.74. The van der Waals surface area contributed by atoms with Gasteiger partial charge in [-0.2, -0.15) is 0 Å². The summed E-state index contributed by atoms with van der Waals surface area (Å²) in [6.45, 7) is 6.50. The first-order chi connectivity index (χ1) is 10.2. The number of carbonyl (C=O) groups is 1. The molecule has 1 amide bonds. The molecule has 112 valence electrons. The number of fused-ring (bicyclic) bond motifs is 1. The summed E-state index contributed by atoms with van der Waals surface area (Å²) in [7, 11) is 0. The molecule has 3 rings (SSSR count). The Morgan fingerprint density at radius 1 is 1.48 bits per heavy atom. The predicted octanol–water partition coefficient (Wildman–Crippen LogP) is 1.62. The Bertz CT molecular complexity index is 620. The number of hydrogen-bond donors (Lipinski definition) is 0. The Kier molecular flexibility index (Phi) is 3.74. The van der Waals surface area contributed by atoms with Crippen molar-refractivity contribution in [3.8, 4) is 0 Å². The number of oxazole rings is 1. The van der Waals surface area contributed by atoms with Gasteiger partial charge in [-0.25, -0.2) is 9.97 Å². The molecule has 3 heterocycles. The molecule has 7 heteroatoms. The molecular weight excluding hydrogens is 272 g/mol. The van der Waals surface area contributed by atoms with Crippen LogP contribution in [-0.4, -0.2) is 38.5 Å². The van der Waals surface area contributed by atoms with Gasteiger partial charge in [0.15, 0.2) is 12.1 Å². The van der Waals surface area contributed by atoms with Crippen LogP contribution in [0, 0.1) is 0 Å². The van der Waals surface area contributed by atoms with E-state index in [4.69, 9.17) is 9.15 Å². The second-order valence-corrected chi connectivity index (χ2v) is 4.94. The number of carbonyl (C=O) groups excluding carboxylic acids is 1. The monoisotopic (exact) mass is 290 g/mol. The van der Waals surface area contributed by atoms with E-state index < -0.39 is 0 Å². The van der Waals surface area contributed by atoms with Crippen LogP contribution in [0.3, 0.4) is 0 Å². The van der Waals surface area contributed by atoms with E-state index in [1.807, 2.05) is 20.0 Å². The SMILES string of the molecule is CCOCc1cnc2n1CCN(C(=O)c1cocn1)[C@H]2C. The summed E-state index contributed by atoms with van der Waals surface area (Å²) in [5, 5.41) is 0. The van der Waals surface area contributed by atoms with E-state index in [9.17, 15) is 4.79 Å². The van der Waals surface area contributed by atoms with Crippen LogP contribution in [0.4, 0.5) is 0 Å². The zero-order valence-corrected chi connectivity index (χ0v) is 12.2. The number of rotatable bonds is 4.